The van der Waals surface area contributed by atoms with Crippen LogP contribution in [0.3, 0.4) is 0 Å². The van der Waals surface area contributed by atoms with Gasteiger partial charge in [-0.15, -0.1) is 11.3 Å². The number of nitrogens with one attached hydrogen (secondary N) is 1. The fourth-order valence-electron chi connectivity index (χ4n) is 1.08. The zero-order valence-electron chi connectivity index (χ0n) is 8.51. The molecule has 0 radical (unpaired) electrons. The molecule has 0 aliphatic carbocycles. The van der Waals surface area contributed by atoms with Crippen LogP contribution in [-0.2, 0) is 4.74 Å². The number of methoxy groups -OCH3 is 1. The second kappa shape index (κ2) is 4.71. The van der Waals surface area contributed by atoms with Crippen molar-refractivity contribution in [3.63, 3.8) is 0 Å². The van der Waals surface area contributed by atoms with Crippen molar-refractivity contribution in [1.82, 2.24) is 9.97 Å². The smallest absolute Gasteiger partial charge is 0.357 e. The molecule has 2 rings (SSSR count). The van der Waals surface area contributed by atoms with Crippen LogP contribution in [-0.4, -0.2) is 23.0 Å². The van der Waals surface area contributed by atoms with Crippen molar-refractivity contribution >= 4 is 28.3 Å². The van der Waals surface area contributed by atoms with E-state index >= 15 is 0 Å². The Morgan fingerprint density at radius 1 is 1.50 bits per heavy atom. The fourth-order valence-corrected chi connectivity index (χ4v) is 1.76. The van der Waals surface area contributed by atoms with Crippen LogP contribution in [0.15, 0.2) is 29.8 Å². The molecule has 0 aromatic carbocycles. The van der Waals surface area contributed by atoms with Crippen LogP contribution in [0.1, 0.15) is 10.5 Å². The van der Waals surface area contributed by atoms with Gasteiger partial charge in [0.05, 0.1) is 7.11 Å². The lowest BCUT2D eigenvalue weighted by Crippen LogP contribution is -2.01. The van der Waals surface area contributed by atoms with Crippen molar-refractivity contribution in [3.05, 3.63) is 35.5 Å². The van der Waals surface area contributed by atoms with E-state index in [2.05, 4.69) is 20.0 Å². The first-order valence-corrected chi connectivity index (χ1v) is 5.39. The number of aromatic nitrogens is 2. The Kier molecular flexibility index (Phi) is 3.11. The minimum atomic E-state index is -0.440. The summed E-state index contributed by atoms with van der Waals surface area (Å²) >= 11 is 1.33. The van der Waals surface area contributed by atoms with Crippen LogP contribution in [0.2, 0.25) is 0 Å². The van der Waals surface area contributed by atoms with Gasteiger partial charge in [-0.05, 0) is 12.1 Å². The van der Waals surface area contributed by atoms with Gasteiger partial charge in [-0.1, -0.05) is 6.07 Å². The third-order valence-electron chi connectivity index (χ3n) is 1.80. The molecular weight excluding hydrogens is 226 g/mol. The minimum Gasteiger partial charge on any atom is -0.464 e. The number of pyridine rings is 1. The molecule has 2 aromatic rings. The lowest BCUT2D eigenvalue weighted by atomic mass is 10.5. The molecule has 0 saturated heterocycles. The van der Waals surface area contributed by atoms with E-state index in [9.17, 15) is 4.79 Å². The Balaban J connectivity index is 2.12. The van der Waals surface area contributed by atoms with Gasteiger partial charge >= 0.3 is 5.97 Å². The highest BCUT2D eigenvalue weighted by molar-refractivity contribution is 7.14. The Labute approximate surface area is 96.1 Å². The van der Waals surface area contributed by atoms with Gasteiger partial charge < -0.3 is 10.1 Å². The predicted molar refractivity (Wildman–Crippen MR) is 61.0 cm³/mol. The maximum Gasteiger partial charge on any atom is 0.357 e. The van der Waals surface area contributed by atoms with E-state index in [0.717, 1.165) is 0 Å². The van der Waals surface area contributed by atoms with Gasteiger partial charge in [-0.2, -0.15) is 0 Å². The molecule has 82 valence electrons. The molecule has 0 atom stereocenters. The number of thiazole rings is 1. The SMILES string of the molecule is COC(=O)c1csc(Nc2ccccn2)n1. The van der Waals surface area contributed by atoms with Crippen LogP contribution in [0.4, 0.5) is 10.9 Å². The summed E-state index contributed by atoms with van der Waals surface area (Å²) in [7, 11) is 1.33. The number of hydrogen-bond donors (Lipinski definition) is 1. The second-order valence-electron chi connectivity index (χ2n) is 2.87. The minimum absolute atomic E-state index is 0.297. The average molecular weight is 235 g/mol. The van der Waals surface area contributed by atoms with E-state index in [1.54, 1.807) is 11.6 Å². The summed E-state index contributed by atoms with van der Waals surface area (Å²) in [5, 5.41) is 5.24. The average Bonchev–Trinajstić information content (AvgIpc) is 2.78. The Morgan fingerprint density at radius 2 is 2.38 bits per heavy atom. The summed E-state index contributed by atoms with van der Waals surface area (Å²) in [5.41, 5.74) is 0.297. The van der Waals surface area contributed by atoms with E-state index in [4.69, 9.17) is 0 Å². The maximum absolute atomic E-state index is 11.2. The number of nitrogens with zero attached hydrogens (tertiary/aromatic N) is 2. The lowest BCUT2D eigenvalue weighted by molar-refractivity contribution is 0.0595. The summed E-state index contributed by atoms with van der Waals surface area (Å²) in [6, 6.07) is 5.51. The van der Waals surface area contributed by atoms with Crippen molar-refractivity contribution in [3.8, 4) is 0 Å². The number of ether oxygens (including phenoxy) is 1. The van der Waals surface area contributed by atoms with E-state index in [1.807, 2.05) is 18.2 Å². The summed E-state index contributed by atoms with van der Waals surface area (Å²) in [6.45, 7) is 0. The van der Waals surface area contributed by atoms with Crippen molar-refractivity contribution in [1.29, 1.82) is 0 Å². The third-order valence-corrected chi connectivity index (χ3v) is 2.56. The zero-order valence-corrected chi connectivity index (χ0v) is 9.32. The van der Waals surface area contributed by atoms with Gasteiger partial charge in [0.1, 0.15) is 5.82 Å². The van der Waals surface area contributed by atoms with E-state index in [-0.39, 0.29) is 0 Å². The molecule has 2 heterocycles. The van der Waals surface area contributed by atoms with Crippen molar-refractivity contribution < 1.29 is 9.53 Å². The van der Waals surface area contributed by atoms with Crippen LogP contribution in [0, 0.1) is 0 Å². The monoisotopic (exact) mass is 235 g/mol. The topological polar surface area (TPSA) is 64.1 Å². The van der Waals surface area contributed by atoms with Crippen LogP contribution < -0.4 is 5.32 Å². The molecule has 16 heavy (non-hydrogen) atoms. The zero-order chi connectivity index (χ0) is 11.4. The van der Waals surface area contributed by atoms with Crippen LogP contribution in [0.5, 0.6) is 0 Å². The summed E-state index contributed by atoms with van der Waals surface area (Å²) < 4.78 is 4.56. The molecule has 2 aromatic heterocycles. The first-order chi connectivity index (χ1) is 7.79. The molecule has 0 aliphatic rings. The normalized spacial score (nSPS) is 9.81. The number of rotatable bonds is 3. The maximum atomic E-state index is 11.2. The first kappa shape index (κ1) is 10.6. The van der Waals surface area contributed by atoms with Crippen LogP contribution in [0.25, 0.3) is 0 Å². The van der Waals surface area contributed by atoms with E-state index in [0.29, 0.717) is 16.6 Å². The van der Waals surface area contributed by atoms with Crippen molar-refractivity contribution in [2.24, 2.45) is 0 Å². The van der Waals surface area contributed by atoms with Gasteiger partial charge in [0.25, 0.3) is 0 Å². The Bertz CT molecular complexity index is 484. The van der Waals surface area contributed by atoms with Gasteiger partial charge in [-0.25, -0.2) is 14.8 Å². The number of anilines is 2. The molecule has 0 amide bonds. The molecule has 0 spiro atoms. The lowest BCUT2D eigenvalue weighted by Gasteiger charge is -1.99. The van der Waals surface area contributed by atoms with Crippen molar-refractivity contribution in [2.75, 3.05) is 12.4 Å². The molecule has 0 aliphatic heterocycles. The van der Waals surface area contributed by atoms with E-state index in [1.165, 1.54) is 18.4 Å². The van der Waals surface area contributed by atoms with Crippen LogP contribution >= 0.6 is 11.3 Å². The molecule has 6 heteroatoms. The number of esters is 1. The third kappa shape index (κ3) is 2.34. The van der Waals surface area contributed by atoms with Crippen molar-refractivity contribution in [2.45, 2.75) is 0 Å². The standard InChI is InChI=1S/C10H9N3O2S/c1-15-9(14)7-6-16-10(12-7)13-8-4-2-3-5-11-8/h2-6H,1H3,(H,11,12,13). The largest absolute Gasteiger partial charge is 0.464 e. The molecule has 0 bridgehead atoms. The first-order valence-electron chi connectivity index (χ1n) is 4.51. The molecule has 5 nitrogen and oxygen atoms in total. The summed E-state index contributed by atoms with van der Waals surface area (Å²) in [6.07, 6.45) is 1.68. The highest BCUT2D eigenvalue weighted by Crippen LogP contribution is 2.19. The molecule has 1 N–H and O–H groups in total. The molecular formula is C10H9N3O2S. The summed E-state index contributed by atoms with van der Waals surface area (Å²) in [4.78, 5) is 19.3. The predicted octanol–water partition coefficient (Wildman–Crippen LogP) is 2.07. The van der Waals surface area contributed by atoms with Gasteiger partial charge in [-0.3, -0.25) is 0 Å². The second-order valence-corrected chi connectivity index (χ2v) is 3.73. The molecule has 0 fully saturated rings. The number of carbonyl (C=O) groups is 1. The van der Waals surface area contributed by atoms with Gasteiger partial charge in [0.2, 0.25) is 0 Å². The number of hydrogen-bond acceptors (Lipinski definition) is 6. The number of carbonyl (C=O) groups excluding carboxylic acids is 1. The van der Waals surface area contributed by atoms with Gasteiger partial charge in [0.15, 0.2) is 10.8 Å². The summed E-state index contributed by atoms with van der Waals surface area (Å²) in [5.74, 6) is 0.249. The highest BCUT2D eigenvalue weighted by atomic mass is 32.1. The molecule has 0 unspecified atom stereocenters. The highest BCUT2D eigenvalue weighted by Gasteiger charge is 2.10. The van der Waals surface area contributed by atoms with E-state index < -0.39 is 5.97 Å². The Morgan fingerprint density at radius 3 is 3.06 bits per heavy atom. The van der Waals surface area contributed by atoms with Gasteiger partial charge in [0, 0.05) is 11.6 Å². The Hall–Kier alpha value is -1.95. The quantitative estimate of drug-likeness (QED) is 0.825. The fraction of sp³-hybridized carbons (Fsp3) is 0.100. The molecule has 0 saturated carbocycles.